The van der Waals surface area contributed by atoms with Gasteiger partial charge in [-0.1, -0.05) is 23.7 Å². The molecule has 0 aliphatic carbocycles. The van der Waals surface area contributed by atoms with E-state index in [-0.39, 0.29) is 5.78 Å². The second-order valence-corrected chi connectivity index (χ2v) is 7.08. The number of halogens is 1. The molecule has 0 unspecified atom stereocenters. The summed E-state index contributed by atoms with van der Waals surface area (Å²) < 4.78 is 0. The van der Waals surface area contributed by atoms with Crippen molar-refractivity contribution in [3.63, 3.8) is 0 Å². The molecule has 2 aromatic rings. The van der Waals surface area contributed by atoms with Crippen molar-refractivity contribution in [2.45, 2.75) is 31.3 Å². The van der Waals surface area contributed by atoms with Gasteiger partial charge in [0.15, 0.2) is 5.78 Å². The van der Waals surface area contributed by atoms with Crippen molar-refractivity contribution in [3.8, 4) is 0 Å². The topological polar surface area (TPSA) is 53.4 Å². The summed E-state index contributed by atoms with van der Waals surface area (Å²) in [5.41, 5.74) is 0.892. The number of pyridine rings is 1. The first-order chi connectivity index (χ1) is 12.1. The van der Waals surface area contributed by atoms with E-state index in [0.29, 0.717) is 24.3 Å². The van der Waals surface area contributed by atoms with Gasteiger partial charge in [-0.05, 0) is 55.6 Å². The molecule has 25 heavy (non-hydrogen) atoms. The Morgan fingerprint density at radius 2 is 1.76 bits per heavy atom. The van der Waals surface area contributed by atoms with Gasteiger partial charge in [0.1, 0.15) is 0 Å². The zero-order chi connectivity index (χ0) is 17.7. The van der Waals surface area contributed by atoms with E-state index in [4.69, 9.17) is 11.6 Å². The number of Topliss-reactive ketones (excluding diaryl/α,β-unsaturated/α-hetero) is 1. The van der Waals surface area contributed by atoms with Crippen molar-refractivity contribution < 1.29 is 9.90 Å². The standard InChI is InChI=1S/C20H23ClN2O2/c21-18-5-3-17(4-6-18)20(25)9-14-23(15-10-20)13-1-2-19(24)16-7-11-22-12-8-16/h3-8,11-12,25H,1-2,9-10,13-15H2. The molecule has 1 N–H and O–H groups in total. The monoisotopic (exact) mass is 358 g/mol. The van der Waals surface area contributed by atoms with Crippen LogP contribution >= 0.6 is 11.6 Å². The van der Waals surface area contributed by atoms with Gasteiger partial charge in [-0.15, -0.1) is 0 Å². The maximum absolute atomic E-state index is 12.1. The van der Waals surface area contributed by atoms with Crippen LogP contribution < -0.4 is 0 Å². The summed E-state index contributed by atoms with van der Waals surface area (Å²) in [4.78, 5) is 18.4. The average molecular weight is 359 g/mol. The minimum Gasteiger partial charge on any atom is -0.385 e. The number of hydrogen-bond acceptors (Lipinski definition) is 4. The number of rotatable bonds is 6. The van der Waals surface area contributed by atoms with E-state index in [9.17, 15) is 9.90 Å². The van der Waals surface area contributed by atoms with E-state index >= 15 is 0 Å². The molecular formula is C20H23ClN2O2. The zero-order valence-corrected chi connectivity index (χ0v) is 15.0. The molecule has 3 rings (SSSR count). The highest BCUT2D eigenvalue weighted by molar-refractivity contribution is 6.30. The highest BCUT2D eigenvalue weighted by Crippen LogP contribution is 2.33. The van der Waals surface area contributed by atoms with Crippen LogP contribution in [0, 0.1) is 0 Å². The summed E-state index contributed by atoms with van der Waals surface area (Å²) in [6, 6.07) is 11.0. The summed E-state index contributed by atoms with van der Waals surface area (Å²) in [5.74, 6) is 0.164. The number of nitrogens with zero attached hydrogens (tertiary/aromatic N) is 2. The molecule has 132 valence electrons. The second kappa shape index (κ2) is 8.09. The number of likely N-dealkylation sites (tertiary alicyclic amines) is 1. The van der Waals surface area contributed by atoms with E-state index < -0.39 is 5.60 Å². The van der Waals surface area contributed by atoms with E-state index in [1.54, 1.807) is 24.5 Å². The molecule has 0 spiro atoms. The molecule has 1 aliphatic rings. The van der Waals surface area contributed by atoms with E-state index in [0.717, 1.165) is 37.2 Å². The van der Waals surface area contributed by atoms with Gasteiger partial charge in [-0.2, -0.15) is 0 Å². The van der Waals surface area contributed by atoms with Gasteiger partial charge in [0.05, 0.1) is 5.60 Å². The quantitative estimate of drug-likeness (QED) is 0.800. The van der Waals surface area contributed by atoms with Gasteiger partial charge in [-0.25, -0.2) is 0 Å². The van der Waals surface area contributed by atoms with Crippen molar-refractivity contribution in [1.82, 2.24) is 9.88 Å². The summed E-state index contributed by atoms with van der Waals surface area (Å²) in [5, 5.41) is 11.6. The predicted molar refractivity (Wildman–Crippen MR) is 98.8 cm³/mol. The smallest absolute Gasteiger partial charge is 0.163 e. The van der Waals surface area contributed by atoms with E-state index in [2.05, 4.69) is 9.88 Å². The maximum Gasteiger partial charge on any atom is 0.163 e. The minimum absolute atomic E-state index is 0.164. The van der Waals surface area contributed by atoms with Crippen LogP contribution in [-0.2, 0) is 5.60 Å². The molecule has 0 atom stereocenters. The van der Waals surface area contributed by atoms with Crippen molar-refractivity contribution >= 4 is 17.4 Å². The summed E-state index contributed by atoms with van der Waals surface area (Å²) in [7, 11) is 0. The maximum atomic E-state index is 12.1. The van der Waals surface area contributed by atoms with Crippen LogP contribution in [0.3, 0.4) is 0 Å². The molecule has 2 heterocycles. The van der Waals surface area contributed by atoms with Crippen molar-refractivity contribution in [3.05, 3.63) is 64.9 Å². The van der Waals surface area contributed by atoms with Gasteiger partial charge in [0.25, 0.3) is 0 Å². The minimum atomic E-state index is -0.770. The predicted octanol–water partition coefficient (Wildman–Crippen LogP) is 3.68. The Labute approximate surface area is 153 Å². The Bertz CT molecular complexity index is 695. The second-order valence-electron chi connectivity index (χ2n) is 6.64. The third-order valence-corrected chi connectivity index (χ3v) is 5.20. The Hall–Kier alpha value is -1.75. The Kier molecular flexibility index (Phi) is 5.84. The molecule has 0 bridgehead atoms. The number of hydrogen-bond donors (Lipinski definition) is 1. The lowest BCUT2D eigenvalue weighted by Gasteiger charge is -2.38. The van der Waals surface area contributed by atoms with Crippen LogP contribution in [0.5, 0.6) is 0 Å². The molecule has 0 saturated carbocycles. The number of benzene rings is 1. The molecular weight excluding hydrogens is 336 g/mol. The molecule has 1 aromatic heterocycles. The Balaban J connectivity index is 1.45. The summed E-state index contributed by atoms with van der Waals surface area (Å²) in [6.07, 6.45) is 6.08. The fraction of sp³-hybridized carbons (Fsp3) is 0.400. The highest BCUT2D eigenvalue weighted by Gasteiger charge is 2.33. The van der Waals surface area contributed by atoms with Crippen LogP contribution in [0.15, 0.2) is 48.8 Å². The first-order valence-electron chi connectivity index (χ1n) is 8.71. The third kappa shape index (κ3) is 4.66. The van der Waals surface area contributed by atoms with Crippen LogP contribution in [0.1, 0.15) is 41.6 Å². The molecule has 1 saturated heterocycles. The lowest BCUT2D eigenvalue weighted by molar-refractivity contribution is -0.0260. The van der Waals surface area contributed by atoms with Crippen molar-refractivity contribution in [2.24, 2.45) is 0 Å². The number of carbonyl (C=O) groups excluding carboxylic acids is 1. The van der Waals surface area contributed by atoms with Gasteiger partial charge in [0.2, 0.25) is 0 Å². The lowest BCUT2D eigenvalue weighted by atomic mass is 9.84. The summed E-state index contributed by atoms with van der Waals surface area (Å²) >= 11 is 5.93. The van der Waals surface area contributed by atoms with Crippen LogP contribution in [0.4, 0.5) is 0 Å². The highest BCUT2D eigenvalue weighted by atomic mass is 35.5. The number of aliphatic hydroxyl groups is 1. The molecule has 0 amide bonds. The SMILES string of the molecule is O=C(CCCN1CCC(O)(c2ccc(Cl)cc2)CC1)c1ccncc1. The van der Waals surface area contributed by atoms with E-state index in [1.165, 1.54) is 0 Å². The van der Waals surface area contributed by atoms with Crippen LogP contribution in [0.25, 0.3) is 0 Å². The van der Waals surface area contributed by atoms with Gasteiger partial charge in [-0.3, -0.25) is 9.78 Å². The zero-order valence-electron chi connectivity index (χ0n) is 14.2. The average Bonchev–Trinajstić information content (AvgIpc) is 2.64. The lowest BCUT2D eigenvalue weighted by Crippen LogP contribution is -2.42. The third-order valence-electron chi connectivity index (χ3n) is 4.95. The normalized spacial score (nSPS) is 17.4. The van der Waals surface area contributed by atoms with Gasteiger partial charge < -0.3 is 10.0 Å². The summed E-state index contributed by atoms with van der Waals surface area (Å²) in [6.45, 7) is 2.55. The molecule has 4 nitrogen and oxygen atoms in total. The van der Waals surface area contributed by atoms with Crippen molar-refractivity contribution in [1.29, 1.82) is 0 Å². The van der Waals surface area contributed by atoms with Crippen LogP contribution in [-0.4, -0.2) is 40.4 Å². The first kappa shape index (κ1) is 18.1. The van der Waals surface area contributed by atoms with Gasteiger partial charge in [0, 0.05) is 42.5 Å². The Morgan fingerprint density at radius 1 is 1.12 bits per heavy atom. The van der Waals surface area contributed by atoms with Crippen LogP contribution in [0.2, 0.25) is 5.02 Å². The van der Waals surface area contributed by atoms with Crippen molar-refractivity contribution in [2.75, 3.05) is 19.6 Å². The number of piperidine rings is 1. The molecule has 5 heteroatoms. The number of ketones is 1. The first-order valence-corrected chi connectivity index (χ1v) is 9.09. The van der Waals surface area contributed by atoms with E-state index in [1.807, 2.05) is 24.3 Å². The number of aromatic nitrogens is 1. The largest absolute Gasteiger partial charge is 0.385 e. The molecule has 1 fully saturated rings. The van der Waals surface area contributed by atoms with Gasteiger partial charge >= 0.3 is 0 Å². The number of carbonyl (C=O) groups is 1. The molecule has 1 aliphatic heterocycles. The molecule has 1 aromatic carbocycles. The fourth-order valence-electron chi connectivity index (χ4n) is 3.34. The fourth-order valence-corrected chi connectivity index (χ4v) is 3.47. The molecule has 0 radical (unpaired) electrons. The Morgan fingerprint density at radius 3 is 2.40 bits per heavy atom.